The topological polar surface area (TPSA) is 35.6 Å². The normalized spacial score (nSPS) is 15.2. The zero-order valence-corrected chi connectivity index (χ0v) is 15.3. The number of carbonyl (C=O) groups excluding carboxylic acids is 1. The minimum Gasteiger partial charge on any atom is -0.369 e. The number of piperazine rings is 1. The fraction of sp³-hybridized carbons (Fsp3) is 0.350. The Balaban J connectivity index is 1.49. The molecule has 1 aliphatic heterocycles. The lowest BCUT2D eigenvalue weighted by Crippen LogP contribution is -2.44. The summed E-state index contributed by atoms with van der Waals surface area (Å²) in [4.78, 5) is 16.8. The van der Waals surface area contributed by atoms with Gasteiger partial charge in [-0.2, -0.15) is 0 Å². The van der Waals surface area contributed by atoms with E-state index in [-0.39, 0.29) is 5.91 Å². The number of halogens is 1. The first-order valence-corrected chi connectivity index (χ1v) is 9.06. The Morgan fingerprint density at radius 3 is 2.28 bits per heavy atom. The zero-order valence-electron chi connectivity index (χ0n) is 14.5. The standard InChI is InChI=1S/C20H24ClN3O/c1-23-12-14-24(15-13-23)19-9-7-18(8-10-19)22-20(25)11-4-16-2-5-17(21)6-3-16/h2-3,5-10H,4,11-15H2,1H3,(H,22,25). The zero-order chi connectivity index (χ0) is 17.6. The van der Waals surface area contributed by atoms with E-state index in [9.17, 15) is 4.79 Å². The Kier molecular flexibility index (Phi) is 5.95. The molecule has 0 atom stereocenters. The Hall–Kier alpha value is -2.04. The number of amides is 1. The van der Waals surface area contributed by atoms with E-state index in [0.717, 1.165) is 37.4 Å². The second kappa shape index (κ2) is 8.37. The second-order valence-corrected chi connectivity index (χ2v) is 6.95. The average Bonchev–Trinajstić information content (AvgIpc) is 2.63. The van der Waals surface area contributed by atoms with Crippen LogP contribution < -0.4 is 10.2 Å². The van der Waals surface area contributed by atoms with Crippen molar-refractivity contribution in [3.8, 4) is 0 Å². The van der Waals surface area contributed by atoms with Crippen LogP contribution in [0, 0.1) is 0 Å². The van der Waals surface area contributed by atoms with Crippen LogP contribution in [-0.4, -0.2) is 44.0 Å². The van der Waals surface area contributed by atoms with E-state index in [2.05, 4.69) is 34.3 Å². The summed E-state index contributed by atoms with van der Waals surface area (Å²) in [5.74, 6) is 0.0299. The molecule has 25 heavy (non-hydrogen) atoms. The molecule has 3 rings (SSSR count). The fourth-order valence-corrected chi connectivity index (χ4v) is 3.08. The molecule has 0 bridgehead atoms. The van der Waals surface area contributed by atoms with E-state index < -0.39 is 0 Å². The van der Waals surface area contributed by atoms with Crippen molar-refractivity contribution in [1.82, 2.24) is 4.90 Å². The molecule has 1 N–H and O–H groups in total. The summed E-state index contributed by atoms with van der Waals surface area (Å²) in [7, 11) is 2.15. The van der Waals surface area contributed by atoms with Crippen LogP contribution in [0.4, 0.5) is 11.4 Å². The Morgan fingerprint density at radius 2 is 1.64 bits per heavy atom. The van der Waals surface area contributed by atoms with Crippen molar-refractivity contribution < 1.29 is 4.79 Å². The fourth-order valence-electron chi connectivity index (χ4n) is 2.95. The lowest BCUT2D eigenvalue weighted by molar-refractivity contribution is -0.116. The number of nitrogens with zero attached hydrogens (tertiary/aromatic N) is 2. The monoisotopic (exact) mass is 357 g/mol. The number of carbonyl (C=O) groups is 1. The maximum atomic E-state index is 12.1. The van der Waals surface area contributed by atoms with Crippen molar-refractivity contribution in [3.05, 3.63) is 59.1 Å². The van der Waals surface area contributed by atoms with E-state index >= 15 is 0 Å². The van der Waals surface area contributed by atoms with Gasteiger partial charge in [0.25, 0.3) is 0 Å². The molecule has 1 heterocycles. The van der Waals surface area contributed by atoms with Gasteiger partial charge in [0.05, 0.1) is 0 Å². The molecule has 4 nitrogen and oxygen atoms in total. The van der Waals surface area contributed by atoms with Crippen LogP contribution in [-0.2, 0) is 11.2 Å². The van der Waals surface area contributed by atoms with Crippen LogP contribution in [0.2, 0.25) is 5.02 Å². The highest BCUT2D eigenvalue weighted by Gasteiger charge is 2.14. The maximum absolute atomic E-state index is 12.1. The summed E-state index contributed by atoms with van der Waals surface area (Å²) < 4.78 is 0. The highest BCUT2D eigenvalue weighted by Crippen LogP contribution is 2.19. The Morgan fingerprint density at radius 1 is 1.00 bits per heavy atom. The lowest BCUT2D eigenvalue weighted by Gasteiger charge is -2.34. The largest absolute Gasteiger partial charge is 0.369 e. The summed E-state index contributed by atoms with van der Waals surface area (Å²) in [6.07, 6.45) is 1.17. The average molecular weight is 358 g/mol. The number of nitrogens with one attached hydrogen (secondary N) is 1. The molecule has 0 unspecified atom stereocenters. The number of hydrogen-bond donors (Lipinski definition) is 1. The molecule has 1 amide bonds. The number of anilines is 2. The summed E-state index contributed by atoms with van der Waals surface area (Å²) in [6.45, 7) is 4.26. The van der Waals surface area contributed by atoms with Crippen molar-refractivity contribution >= 4 is 28.9 Å². The molecule has 5 heteroatoms. The Bertz CT molecular complexity index is 692. The molecule has 0 saturated carbocycles. The van der Waals surface area contributed by atoms with Crippen LogP contribution >= 0.6 is 11.6 Å². The molecule has 0 radical (unpaired) electrons. The number of aryl methyl sites for hydroxylation is 1. The number of likely N-dealkylation sites (N-methyl/N-ethyl adjacent to an activating group) is 1. The first kappa shape index (κ1) is 17.8. The van der Waals surface area contributed by atoms with Crippen LogP contribution in [0.3, 0.4) is 0 Å². The van der Waals surface area contributed by atoms with Gasteiger partial charge in [-0.25, -0.2) is 0 Å². The molecule has 1 fully saturated rings. The molecule has 132 valence electrons. The van der Waals surface area contributed by atoms with Gasteiger partial charge >= 0.3 is 0 Å². The third kappa shape index (κ3) is 5.21. The minimum absolute atomic E-state index is 0.0299. The lowest BCUT2D eigenvalue weighted by atomic mass is 10.1. The van der Waals surface area contributed by atoms with E-state index in [1.165, 1.54) is 5.69 Å². The van der Waals surface area contributed by atoms with Crippen LogP contribution in [0.5, 0.6) is 0 Å². The number of benzene rings is 2. The predicted molar refractivity (Wildman–Crippen MR) is 105 cm³/mol. The highest BCUT2D eigenvalue weighted by atomic mass is 35.5. The van der Waals surface area contributed by atoms with E-state index in [1.54, 1.807) is 0 Å². The van der Waals surface area contributed by atoms with Crippen molar-refractivity contribution in [3.63, 3.8) is 0 Å². The highest BCUT2D eigenvalue weighted by molar-refractivity contribution is 6.30. The third-order valence-electron chi connectivity index (χ3n) is 4.57. The molecule has 0 aromatic heterocycles. The van der Waals surface area contributed by atoms with Crippen LogP contribution in [0.15, 0.2) is 48.5 Å². The van der Waals surface area contributed by atoms with Gasteiger partial charge in [-0.1, -0.05) is 23.7 Å². The van der Waals surface area contributed by atoms with Gasteiger partial charge in [0.1, 0.15) is 0 Å². The first-order valence-electron chi connectivity index (χ1n) is 8.68. The quantitative estimate of drug-likeness (QED) is 0.887. The van der Waals surface area contributed by atoms with Gasteiger partial charge in [-0.05, 0) is 55.4 Å². The molecule has 2 aromatic rings. The molecular weight excluding hydrogens is 334 g/mol. The molecule has 2 aromatic carbocycles. The molecular formula is C20H24ClN3O. The van der Waals surface area contributed by atoms with Crippen molar-refractivity contribution in [1.29, 1.82) is 0 Å². The smallest absolute Gasteiger partial charge is 0.224 e. The first-order chi connectivity index (χ1) is 12.1. The molecule has 0 spiro atoms. The third-order valence-corrected chi connectivity index (χ3v) is 4.83. The molecule has 0 aliphatic carbocycles. The number of rotatable bonds is 5. The van der Waals surface area contributed by atoms with E-state index in [1.807, 2.05) is 36.4 Å². The predicted octanol–water partition coefficient (Wildman–Crippen LogP) is 3.66. The number of hydrogen-bond acceptors (Lipinski definition) is 3. The SMILES string of the molecule is CN1CCN(c2ccc(NC(=O)CCc3ccc(Cl)cc3)cc2)CC1. The van der Waals surface area contributed by atoms with Gasteiger partial charge in [0.2, 0.25) is 5.91 Å². The van der Waals surface area contributed by atoms with Gasteiger partial charge in [-0.3, -0.25) is 4.79 Å². The molecule has 1 saturated heterocycles. The van der Waals surface area contributed by atoms with Crippen LogP contribution in [0.1, 0.15) is 12.0 Å². The minimum atomic E-state index is 0.0299. The van der Waals surface area contributed by atoms with E-state index in [0.29, 0.717) is 17.9 Å². The Labute approximate surface area is 154 Å². The van der Waals surface area contributed by atoms with Gasteiger partial charge in [0.15, 0.2) is 0 Å². The van der Waals surface area contributed by atoms with E-state index in [4.69, 9.17) is 11.6 Å². The summed E-state index contributed by atoms with van der Waals surface area (Å²) in [5, 5.41) is 3.69. The summed E-state index contributed by atoms with van der Waals surface area (Å²) in [5.41, 5.74) is 3.18. The van der Waals surface area contributed by atoms with Gasteiger partial charge in [-0.15, -0.1) is 0 Å². The second-order valence-electron chi connectivity index (χ2n) is 6.51. The van der Waals surface area contributed by atoms with Crippen LogP contribution in [0.25, 0.3) is 0 Å². The summed E-state index contributed by atoms with van der Waals surface area (Å²) in [6, 6.07) is 15.8. The van der Waals surface area contributed by atoms with Gasteiger partial charge < -0.3 is 15.1 Å². The van der Waals surface area contributed by atoms with Crippen molar-refractivity contribution in [2.24, 2.45) is 0 Å². The maximum Gasteiger partial charge on any atom is 0.224 e. The molecule has 1 aliphatic rings. The van der Waals surface area contributed by atoms with Gasteiger partial charge in [0, 0.05) is 49.0 Å². The summed E-state index contributed by atoms with van der Waals surface area (Å²) >= 11 is 5.87. The van der Waals surface area contributed by atoms with Crippen molar-refractivity contribution in [2.45, 2.75) is 12.8 Å². The van der Waals surface area contributed by atoms with Crippen molar-refractivity contribution in [2.75, 3.05) is 43.4 Å².